The van der Waals surface area contributed by atoms with E-state index in [9.17, 15) is 9.90 Å². The maximum atomic E-state index is 12.1. The number of urea groups is 1. The Morgan fingerprint density at radius 1 is 0.974 bits per heavy atom. The number of aliphatic hydroxyl groups is 1. The number of methoxy groups -OCH3 is 2. The molecule has 0 heterocycles. The van der Waals surface area contributed by atoms with Gasteiger partial charge in [0.25, 0.3) is 0 Å². The molecule has 2 amide bonds. The predicted octanol–water partition coefficient (Wildman–Crippen LogP) is 3.94. The first-order valence-electron chi connectivity index (χ1n) is 13.6. The second-order valence-electron chi connectivity index (χ2n) is 10.1. The second-order valence-corrected chi connectivity index (χ2v) is 10.1. The van der Waals surface area contributed by atoms with Crippen molar-refractivity contribution >= 4 is 6.03 Å². The van der Waals surface area contributed by atoms with Gasteiger partial charge in [0.1, 0.15) is 0 Å². The number of amides is 2. The Morgan fingerprint density at radius 2 is 1.74 bits per heavy atom. The molecule has 0 unspecified atom stereocenters. The van der Waals surface area contributed by atoms with E-state index in [1.165, 1.54) is 5.56 Å². The van der Waals surface area contributed by atoms with E-state index in [-0.39, 0.29) is 18.5 Å². The first kappa shape index (κ1) is 31.4. The van der Waals surface area contributed by atoms with Crippen molar-refractivity contribution in [3.63, 3.8) is 0 Å². The summed E-state index contributed by atoms with van der Waals surface area (Å²) in [6, 6.07) is 15.4. The van der Waals surface area contributed by atoms with Crippen molar-refractivity contribution in [2.45, 2.75) is 58.1 Å². The van der Waals surface area contributed by atoms with Gasteiger partial charge in [-0.3, -0.25) is 0 Å². The third-order valence-electron chi connectivity index (χ3n) is 6.73. The summed E-state index contributed by atoms with van der Waals surface area (Å²) in [6.45, 7) is 6.19. The molecule has 0 bridgehead atoms. The van der Waals surface area contributed by atoms with Crippen LogP contribution in [0.25, 0.3) is 0 Å². The Hall–Kier alpha value is -2.81. The number of benzene rings is 2. The monoisotopic (exact) mass is 529 g/mol. The fourth-order valence-electron chi connectivity index (χ4n) is 4.30. The van der Waals surface area contributed by atoms with Crippen molar-refractivity contribution in [1.82, 2.24) is 10.6 Å². The topological polar surface area (TPSA) is 115 Å². The molecule has 0 aliphatic carbocycles. The zero-order valence-electron chi connectivity index (χ0n) is 23.4. The van der Waals surface area contributed by atoms with Crippen molar-refractivity contribution in [2.24, 2.45) is 17.6 Å². The van der Waals surface area contributed by atoms with Gasteiger partial charge in [-0.25, -0.2) is 4.79 Å². The highest BCUT2D eigenvalue weighted by molar-refractivity contribution is 5.73. The molecule has 0 fully saturated rings. The van der Waals surface area contributed by atoms with Crippen LogP contribution in [0.4, 0.5) is 4.79 Å². The number of aliphatic hydroxyl groups excluding tert-OH is 1. The van der Waals surface area contributed by atoms with E-state index in [0.717, 1.165) is 31.2 Å². The quantitative estimate of drug-likeness (QED) is 0.218. The van der Waals surface area contributed by atoms with Crippen molar-refractivity contribution in [2.75, 3.05) is 40.5 Å². The van der Waals surface area contributed by atoms with Crippen LogP contribution in [0.1, 0.15) is 44.2 Å². The van der Waals surface area contributed by atoms with E-state index in [1.54, 1.807) is 14.2 Å². The van der Waals surface area contributed by atoms with Crippen LogP contribution in [0.15, 0.2) is 48.5 Å². The van der Waals surface area contributed by atoms with Gasteiger partial charge in [0.05, 0.1) is 19.8 Å². The van der Waals surface area contributed by atoms with E-state index in [4.69, 9.17) is 19.9 Å². The number of aryl methyl sites for hydroxylation is 1. The Bertz CT molecular complexity index is 925. The van der Waals surface area contributed by atoms with Crippen LogP contribution in [0, 0.1) is 11.8 Å². The molecule has 0 aliphatic heterocycles. The average molecular weight is 530 g/mol. The number of ether oxygens (including phenoxy) is 3. The summed E-state index contributed by atoms with van der Waals surface area (Å²) in [5, 5.41) is 16.2. The highest BCUT2D eigenvalue weighted by Gasteiger charge is 2.23. The van der Waals surface area contributed by atoms with Gasteiger partial charge < -0.3 is 35.7 Å². The first-order chi connectivity index (χ1) is 18.3. The summed E-state index contributed by atoms with van der Waals surface area (Å²) in [4.78, 5) is 12.1. The molecule has 212 valence electrons. The molecule has 38 heavy (non-hydrogen) atoms. The summed E-state index contributed by atoms with van der Waals surface area (Å²) in [7, 11) is 3.31. The fourth-order valence-corrected chi connectivity index (χ4v) is 4.30. The molecule has 3 atom stereocenters. The smallest absolute Gasteiger partial charge is 0.314 e. The molecule has 5 N–H and O–H groups in total. The number of nitrogens with two attached hydrogens (primary N) is 1. The summed E-state index contributed by atoms with van der Waals surface area (Å²) in [5.74, 6) is 2.03. The molecule has 8 nitrogen and oxygen atoms in total. The lowest BCUT2D eigenvalue weighted by Gasteiger charge is -2.27. The minimum Gasteiger partial charge on any atom is -0.493 e. The van der Waals surface area contributed by atoms with Crippen molar-refractivity contribution in [3.05, 3.63) is 59.7 Å². The first-order valence-corrected chi connectivity index (χ1v) is 13.6. The Labute approximate surface area is 228 Å². The number of nitrogens with one attached hydrogen (secondary N) is 2. The lowest BCUT2D eigenvalue weighted by molar-refractivity contribution is 0.125. The van der Waals surface area contributed by atoms with Gasteiger partial charge in [-0.15, -0.1) is 0 Å². The van der Waals surface area contributed by atoms with Crippen molar-refractivity contribution in [3.8, 4) is 11.5 Å². The standard InChI is InChI=1S/C30H47N3O5/c1-22(2)25(18-24-13-14-28(37-4)29(19-24)38-17-9-16-36-3)20-26(31)27(34)21-33-30(35)32-15-8-12-23-10-6-5-7-11-23/h5-7,10-11,13-14,19,22,25-27,34H,8-9,12,15-18,20-21,31H2,1-4H3,(H2,32,33,35)/t25-,26-,27-/m0/s1. The van der Waals surface area contributed by atoms with E-state index in [2.05, 4.69) is 36.6 Å². The minimum absolute atomic E-state index is 0.110. The van der Waals surface area contributed by atoms with Crippen molar-refractivity contribution < 1.29 is 24.1 Å². The van der Waals surface area contributed by atoms with Crippen LogP contribution in [0.3, 0.4) is 0 Å². The minimum atomic E-state index is -0.832. The van der Waals surface area contributed by atoms with Gasteiger partial charge >= 0.3 is 6.03 Å². The zero-order valence-corrected chi connectivity index (χ0v) is 23.4. The van der Waals surface area contributed by atoms with Gasteiger partial charge in [-0.05, 0) is 60.8 Å². The fraction of sp³-hybridized carbons (Fsp3) is 0.567. The second kappa shape index (κ2) is 17.7. The molecule has 0 aliphatic rings. The molecule has 2 aromatic rings. The van der Waals surface area contributed by atoms with Crippen LogP contribution < -0.4 is 25.8 Å². The zero-order chi connectivity index (χ0) is 27.8. The third kappa shape index (κ3) is 11.7. The molecule has 8 heteroatoms. The summed E-state index contributed by atoms with van der Waals surface area (Å²) >= 11 is 0. The molecular formula is C30H47N3O5. The normalized spacial score (nSPS) is 13.6. The van der Waals surface area contributed by atoms with Crippen LogP contribution in [0.2, 0.25) is 0 Å². The van der Waals surface area contributed by atoms with E-state index in [1.807, 2.05) is 36.4 Å². The summed E-state index contributed by atoms with van der Waals surface area (Å²) in [6.07, 6.45) is 3.15. The molecule has 0 saturated carbocycles. The maximum absolute atomic E-state index is 12.1. The van der Waals surface area contributed by atoms with E-state index in [0.29, 0.717) is 43.6 Å². The predicted molar refractivity (Wildman–Crippen MR) is 152 cm³/mol. The molecule has 0 saturated heterocycles. The number of hydrogen-bond acceptors (Lipinski definition) is 6. The van der Waals surface area contributed by atoms with E-state index < -0.39 is 12.1 Å². The highest BCUT2D eigenvalue weighted by Crippen LogP contribution is 2.31. The molecule has 0 aromatic heterocycles. The molecule has 0 spiro atoms. The van der Waals surface area contributed by atoms with Gasteiger partial charge in [0.15, 0.2) is 11.5 Å². The lowest BCUT2D eigenvalue weighted by atomic mass is 9.83. The number of hydrogen-bond donors (Lipinski definition) is 4. The third-order valence-corrected chi connectivity index (χ3v) is 6.73. The van der Waals surface area contributed by atoms with Crippen molar-refractivity contribution in [1.29, 1.82) is 0 Å². The molecule has 2 rings (SSSR count). The Kier molecular flexibility index (Phi) is 14.6. The van der Waals surface area contributed by atoms with Gasteiger partial charge in [0, 0.05) is 39.3 Å². The van der Waals surface area contributed by atoms with Crippen LogP contribution in [0.5, 0.6) is 11.5 Å². The maximum Gasteiger partial charge on any atom is 0.314 e. The molecular weight excluding hydrogens is 482 g/mol. The van der Waals surface area contributed by atoms with Crippen LogP contribution in [-0.2, 0) is 17.6 Å². The SMILES string of the molecule is COCCCOc1cc(C[C@@H](C[C@H](N)[C@@H](O)CNC(=O)NCCCc2ccccc2)C(C)C)ccc1OC. The lowest BCUT2D eigenvalue weighted by Crippen LogP contribution is -2.47. The van der Waals surface area contributed by atoms with Crippen LogP contribution in [-0.4, -0.2) is 63.8 Å². The van der Waals surface area contributed by atoms with Gasteiger partial charge in [-0.1, -0.05) is 50.2 Å². The molecule has 2 aromatic carbocycles. The van der Waals surface area contributed by atoms with E-state index >= 15 is 0 Å². The number of carbonyl (C=O) groups is 1. The highest BCUT2D eigenvalue weighted by atomic mass is 16.5. The summed E-state index contributed by atoms with van der Waals surface area (Å²) < 4.78 is 16.5. The number of rotatable bonds is 18. The number of carbonyl (C=O) groups excluding carboxylic acids is 1. The van der Waals surface area contributed by atoms with Crippen LogP contribution >= 0.6 is 0 Å². The van der Waals surface area contributed by atoms with Gasteiger partial charge in [0.2, 0.25) is 0 Å². The Balaban J connectivity index is 1.80. The summed E-state index contributed by atoms with van der Waals surface area (Å²) in [5.41, 5.74) is 8.75. The average Bonchev–Trinajstić information content (AvgIpc) is 2.92. The van der Waals surface area contributed by atoms with Gasteiger partial charge in [-0.2, -0.15) is 0 Å². The molecule has 0 radical (unpaired) electrons. The Morgan fingerprint density at radius 3 is 2.42 bits per heavy atom. The largest absolute Gasteiger partial charge is 0.493 e.